The molecule has 0 saturated heterocycles. The summed E-state index contributed by atoms with van der Waals surface area (Å²) < 4.78 is 0. The average Bonchev–Trinajstić information content (AvgIpc) is 2.53. The van der Waals surface area contributed by atoms with E-state index in [0.717, 1.165) is 30.9 Å². The van der Waals surface area contributed by atoms with Gasteiger partial charge in [0.25, 0.3) is 5.91 Å². The number of pyridine rings is 1. The summed E-state index contributed by atoms with van der Waals surface area (Å²) in [5.74, 6) is -0.0960. The molecule has 0 saturated carbocycles. The van der Waals surface area contributed by atoms with Gasteiger partial charge < -0.3 is 10.2 Å². The maximum absolute atomic E-state index is 12.5. The summed E-state index contributed by atoms with van der Waals surface area (Å²) in [6.45, 7) is 8.41. The second kappa shape index (κ2) is 7.54. The molecule has 0 atom stereocenters. The van der Waals surface area contributed by atoms with Crippen molar-refractivity contribution in [3.63, 3.8) is 0 Å². The minimum atomic E-state index is -0.0960. The van der Waals surface area contributed by atoms with Crippen LogP contribution < -0.4 is 5.32 Å². The Hall–Kier alpha value is -1.91. The van der Waals surface area contributed by atoms with Gasteiger partial charge in [-0.1, -0.05) is 32.9 Å². The van der Waals surface area contributed by atoms with Crippen molar-refractivity contribution >= 4 is 24.0 Å². The molecule has 4 nitrogen and oxygen atoms in total. The number of anilines is 1. The van der Waals surface area contributed by atoms with E-state index in [1.54, 1.807) is 6.20 Å². The predicted molar refractivity (Wildman–Crippen MR) is 105 cm³/mol. The molecule has 0 fully saturated rings. The number of carbonyl (C=O) groups excluding carboxylic acids is 1. The number of fused-ring (bicyclic) bond motifs is 1. The van der Waals surface area contributed by atoms with Gasteiger partial charge in [-0.3, -0.25) is 9.78 Å². The first-order chi connectivity index (χ1) is 11.3. The number of benzene rings is 1. The first kappa shape index (κ1) is 19.4. The van der Waals surface area contributed by atoms with E-state index in [0.29, 0.717) is 5.56 Å². The number of carbonyl (C=O) groups is 1. The maximum Gasteiger partial charge on any atom is 0.255 e. The fourth-order valence-corrected chi connectivity index (χ4v) is 2.96. The summed E-state index contributed by atoms with van der Waals surface area (Å²) in [6, 6.07) is 9.86. The Balaban J connectivity index is 0.00000225. The highest BCUT2D eigenvalue weighted by Crippen LogP contribution is 2.23. The van der Waals surface area contributed by atoms with Crippen LogP contribution >= 0.6 is 12.4 Å². The van der Waals surface area contributed by atoms with Crippen molar-refractivity contribution in [3.8, 4) is 0 Å². The van der Waals surface area contributed by atoms with Crippen LogP contribution in [0.5, 0.6) is 0 Å². The summed E-state index contributed by atoms with van der Waals surface area (Å²) in [5, 5.41) is 2.96. The van der Waals surface area contributed by atoms with Gasteiger partial charge in [0.1, 0.15) is 0 Å². The van der Waals surface area contributed by atoms with Crippen LogP contribution in [-0.2, 0) is 18.4 Å². The molecule has 1 aromatic carbocycles. The molecule has 2 heterocycles. The first-order valence-corrected chi connectivity index (χ1v) is 8.41. The fraction of sp³-hybridized carbons (Fsp3) is 0.400. The van der Waals surface area contributed by atoms with E-state index in [4.69, 9.17) is 0 Å². The second-order valence-corrected chi connectivity index (χ2v) is 7.60. The highest BCUT2D eigenvalue weighted by atomic mass is 35.5. The standard InChI is InChI=1S/C20H25N3O.ClH/c1-20(2,3)16-7-5-14(6-8-16)19(24)22-17-11-15-13-23(4)10-9-18(15)21-12-17;/h5-8,11-12H,9-10,13H2,1-4H3,(H,22,24);1H. The Morgan fingerprint density at radius 1 is 1.20 bits per heavy atom. The lowest BCUT2D eigenvalue weighted by atomic mass is 9.87. The molecule has 5 heteroatoms. The van der Waals surface area contributed by atoms with Crippen molar-refractivity contribution in [2.75, 3.05) is 18.9 Å². The third-order valence-electron chi connectivity index (χ3n) is 4.50. The molecule has 1 aliphatic rings. The van der Waals surface area contributed by atoms with E-state index in [9.17, 15) is 4.79 Å². The topological polar surface area (TPSA) is 45.2 Å². The molecule has 1 N–H and O–H groups in total. The maximum atomic E-state index is 12.5. The molecule has 0 radical (unpaired) electrons. The molecule has 0 bridgehead atoms. The SMILES string of the molecule is CN1CCc2ncc(NC(=O)c3ccc(C(C)(C)C)cc3)cc2C1.Cl. The number of hydrogen-bond acceptors (Lipinski definition) is 3. The zero-order valence-electron chi connectivity index (χ0n) is 15.3. The average molecular weight is 360 g/mol. The third-order valence-corrected chi connectivity index (χ3v) is 4.50. The molecule has 1 amide bonds. The Kier molecular flexibility index (Phi) is 5.86. The summed E-state index contributed by atoms with van der Waals surface area (Å²) in [4.78, 5) is 19.2. The van der Waals surface area contributed by atoms with Gasteiger partial charge in [-0.25, -0.2) is 0 Å². The molecule has 1 aromatic heterocycles. The lowest BCUT2D eigenvalue weighted by Crippen LogP contribution is -2.27. The number of amides is 1. The van der Waals surface area contributed by atoms with E-state index in [2.05, 4.69) is 43.0 Å². The number of rotatable bonds is 2. The number of halogens is 1. The molecular weight excluding hydrogens is 334 g/mol. The van der Waals surface area contributed by atoms with Gasteiger partial charge in [-0.05, 0) is 41.8 Å². The van der Waals surface area contributed by atoms with Gasteiger partial charge >= 0.3 is 0 Å². The number of hydrogen-bond donors (Lipinski definition) is 1. The molecule has 2 aromatic rings. The van der Waals surface area contributed by atoms with Crippen molar-refractivity contribution < 1.29 is 4.79 Å². The lowest BCUT2D eigenvalue weighted by molar-refractivity contribution is 0.102. The molecule has 0 unspecified atom stereocenters. The van der Waals surface area contributed by atoms with Crippen LogP contribution in [0.25, 0.3) is 0 Å². The predicted octanol–water partition coefficient (Wildman–Crippen LogP) is 4.04. The minimum absolute atomic E-state index is 0. The normalized spacial score (nSPS) is 14.4. The quantitative estimate of drug-likeness (QED) is 0.880. The summed E-state index contributed by atoms with van der Waals surface area (Å²) >= 11 is 0. The van der Waals surface area contributed by atoms with E-state index in [1.165, 1.54) is 11.1 Å². The Morgan fingerprint density at radius 2 is 1.88 bits per heavy atom. The van der Waals surface area contributed by atoms with Gasteiger partial charge in [0.05, 0.1) is 11.9 Å². The molecule has 3 rings (SSSR count). The van der Waals surface area contributed by atoms with E-state index in [1.807, 2.05) is 30.3 Å². The number of nitrogens with one attached hydrogen (secondary N) is 1. The summed E-state index contributed by atoms with van der Waals surface area (Å²) in [6.07, 6.45) is 2.72. The summed E-state index contributed by atoms with van der Waals surface area (Å²) in [7, 11) is 2.10. The number of aromatic nitrogens is 1. The molecule has 0 aliphatic carbocycles. The molecule has 134 valence electrons. The number of nitrogens with zero attached hydrogens (tertiary/aromatic N) is 2. The van der Waals surface area contributed by atoms with Crippen molar-refractivity contribution in [1.82, 2.24) is 9.88 Å². The van der Waals surface area contributed by atoms with E-state index < -0.39 is 0 Å². The lowest BCUT2D eigenvalue weighted by Gasteiger charge is -2.24. The van der Waals surface area contributed by atoms with Crippen LogP contribution in [0, 0.1) is 0 Å². The third kappa shape index (κ3) is 4.59. The Morgan fingerprint density at radius 3 is 2.52 bits per heavy atom. The molecular formula is C20H26ClN3O. The van der Waals surface area contributed by atoms with Gasteiger partial charge in [-0.15, -0.1) is 12.4 Å². The highest BCUT2D eigenvalue weighted by Gasteiger charge is 2.17. The molecule has 0 spiro atoms. The molecule has 25 heavy (non-hydrogen) atoms. The Labute approximate surface area is 156 Å². The van der Waals surface area contributed by atoms with Crippen LogP contribution in [0.2, 0.25) is 0 Å². The van der Waals surface area contributed by atoms with E-state index >= 15 is 0 Å². The van der Waals surface area contributed by atoms with Crippen molar-refractivity contribution in [3.05, 3.63) is 58.9 Å². The van der Waals surface area contributed by atoms with E-state index in [-0.39, 0.29) is 23.7 Å². The van der Waals surface area contributed by atoms with Gasteiger partial charge in [0.15, 0.2) is 0 Å². The second-order valence-electron chi connectivity index (χ2n) is 7.60. The van der Waals surface area contributed by atoms with Gasteiger partial charge in [-0.2, -0.15) is 0 Å². The fourth-order valence-electron chi connectivity index (χ4n) is 2.96. The monoisotopic (exact) mass is 359 g/mol. The Bertz CT molecular complexity index is 751. The van der Waals surface area contributed by atoms with Crippen molar-refractivity contribution in [1.29, 1.82) is 0 Å². The van der Waals surface area contributed by atoms with Crippen LogP contribution in [0.4, 0.5) is 5.69 Å². The smallest absolute Gasteiger partial charge is 0.255 e. The molecule has 1 aliphatic heterocycles. The largest absolute Gasteiger partial charge is 0.321 e. The highest BCUT2D eigenvalue weighted by molar-refractivity contribution is 6.04. The van der Waals surface area contributed by atoms with Crippen molar-refractivity contribution in [2.45, 2.75) is 39.2 Å². The van der Waals surface area contributed by atoms with Crippen LogP contribution in [-0.4, -0.2) is 29.4 Å². The number of likely N-dealkylation sites (N-methyl/N-ethyl adjacent to an activating group) is 1. The van der Waals surface area contributed by atoms with Gasteiger partial charge in [0, 0.05) is 30.8 Å². The van der Waals surface area contributed by atoms with Crippen LogP contribution in [0.3, 0.4) is 0 Å². The summed E-state index contributed by atoms with van der Waals surface area (Å²) in [5.41, 5.74) is 5.07. The van der Waals surface area contributed by atoms with Crippen LogP contribution in [0.15, 0.2) is 36.5 Å². The zero-order chi connectivity index (χ0) is 17.3. The van der Waals surface area contributed by atoms with Gasteiger partial charge in [0.2, 0.25) is 0 Å². The van der Waals surface area contributed by atoms with Crippen LogP contribution in [0.1, 0.15) is 48.0 Å². The zero-order valence-corrected chi connectivity index (χ0v) is 16.1. The minimum Gasteiger partial charge on any atom is -0.321 e. The van der Waals surface area contributed by atoms with Crippen molar-refractivity contribution in [2.24, 2.45) is 0 Å². The first-order valence-electron chi connectivity index (χ1n) is 8.41.